The summed E-state index contributed by atoms with van der Waals surface area (Å²) in [6.45, 7) is 3.42. The molecule has 0 spiro atoms. The lowest BCUT2D eigenvalue weighted by atomic mass is 10.2. The molecule has 7 heteroatoms. The molecule has 0 radical (unpaired) electrons. The molecule has 2 heterocycles. The van der Waals surface area contributed by atoms with Crippen molar-refractivity contribution in [3.63, 3.8) is 0 Å². The molecule has 0 aliphatic heterocycles. The molecule has 1 aromatic carbocycles. The van der Waals surface area contributed by atoms with E-state index in [0.717, 1.165) is 41.5 Å². The van der Waals surface area contributed by atoms with Crippen LogP contribution in [0.15, 0.2) is 30.3 Å². The predicted molar refractivity (Wildman–Crippen MR) is 94.9 cm³/mol. The van der Waals surface area contributed by atoms with Gasteiger partial charge in [-0.15, -0.1) is 5.10 Å². The number of nitrogens with one attached hydrogen (secondary N) is 1. The normalized spacial score (nSPS) is 11.0. The Kier molecular flexibility index (Phi) is 5.07. The summed E-state index contributed by atoms with van der Waals surface area (Å²) in [5, 5.41) is 11.9. The first-order chi connectivity index (χ1) is 11.3. The van der Waals surface area contributed by atoms with E-state index in [1.165, 1.54) is 5.56 Å². The van der Waals surface area contributed by atoms with Gasteiger partial charge in [0.2, 0.25) is 0 Å². The summed E-state index contributed by atoms with van der Waals surface area (Å²) < 4.78 is 1.83. The van der Waals surface area contributed by atoms with Crippen molar-refractivity contribution in [3.05, 3.63) is 41.7 Å². The smallest absolute Gasteiger partial charge is 0.184 e. The van der Waals surface area contributed by atoms with Crippen molar-refractivity contribution in [3.8, 4) is 0 Å². The number of aromatic nitrogens is 5. The molecule has 3 aromatic rings. The van der Waals surface area contributed by atoms with Crippen molar-refractivity contribution in [2.45, 2.75) is 19.9 Å². The van der Waals surface area contributed by atoms with Crippen LogP contribution in [0, 0.1) is 6.92 Å². The van der Waals surface area contributed by atoms with Crippen LogP contribution in [0.4, 0.5) is 5.82 Å². The van der Waals surface area contributed by atoms with E-state index in [0.29, 0.717) is 6.54 Å². The quantitative estimate of drug-likeness (QED) is 0.673. The molecule has 0 aliphatic carbocycles. The summed E-state index contributed by atoms with van der Waals surface area (Å²) >= 11 is 1.84. The Morgan fingerprint density at radius 2 is 2.00 bits per heavy atom. The number of thioether (sulfide) groups is 1. The summed E-state index contributed by atoms with van der Waals surface area (Å²) in [5.41, 5.74) is 2.68. The third kappa shape index (κ3) is 3.79. The van der Waals surface area contributed by atoms with Gasteiger partial charge in [-0.25, -0.2) is 14.6 Å². The highest BCUT2D eigenvalue weighted by molar-refractivity contribution is 7.98. The van der Waals surface area contributed by atoms with Crippen LogP contribution < -0.4 is 5.32 Å². The van der Waals surface area contributed by atoms with Gasteiger partial charge in [-0.3, -0.25) is 0 Å². The zero-order valence-corrected chi connectivity index (χ0v) is 14.2. The Balaban J connectivity index is 1.86. The average Bonchev–Trinajstić information content (AvgIpc) is 2.95. The van der Waals surface area contributed by atoms with E-state index >= 15 is 0 Å². The molecule has 6 nitrogen and oxygen atoms in total. The first-order valence-corrected chi connectivity index (χ1v) is 9.02. The fourth-order valence-electron chi connectivity index (χ4n) is 2.37. The molecule has 0 amide bonds. The highest BCUT2D eigenvalue weighted by Crippen LogP contribution is 2.18. The number of rotatable bonds is 7. The molecule has 1 N–H and O–H groups in total. The minimum absolute atomic E-state index is 0.652. The molecule has 0 saturated heterocycles. The molecular formula is C16H20N6S. The predicted octanol–water partition coefficient (Wildman–Crippen LogP) is 2.74. The van der Waals surface area contributed by atoms with E-state index in [2.05, 4.69) is 44.0 Å². The van der Waals surface area contributed by atoms with Crippen LogP contribution in [0.25, 0.3) is 11.2 Å². The summed E-state index contributed by atoms with van der Waals surface area (Å²) in [5.74, 6) is 2.62. The largest absolute Gasteiger partial charge is 0.368 e. The minimum Gasteiger partial charge on any atom is -0.368 e. The number of nitrogens with zero attached hydrogens (tertiary/aromatic N) is 5. The van der Waals surface area contributed by atoms with Crippen molar-refractivity contribution in [2.24, 2.45) is 0 Å². The van der Waals surface area contributed by atoms with Crippen LogP contribution >= 0.6 is 11.8 Å². The van der Waals surface area contributed by atoms with Crippen LogP contribution in [0.3, 0.4) is 0 Å². The zero-order valence-electron chi connectivity index (χ0n) is 13.4. The average molecular weight is 328 g/mol. The maximum atomic E-state index is 4.52. The van der Waals surface area contributed by atoms with E-state index in [4.69, 9.17) is 0 Å². The Labute approximate surface area is 139 Å². The molecule has 23 heavy (non-hydrogen) atoms. The lowest BCUT2D eigenvalue weighted by Crippen LogP contribution is -2.08. The van der Waals surface area contributed by atoms with Crippen molar-refractivity contribution in [1.82, 2.24) is 25.0 Å². The third-order valence-corrected chi connectivity index (χ3v) is 4.16. The standard InChI is InChI=1S/C16H20N6S/c1-12-18-15(17-9-6-10-23-2)14-16(19-12)22(21-20-14)11-13-7-4-3-5-8-13/h3-5,7-8H,6,9-11H2,1-2H3,(H,17,18,19). The zero-order chi connectivity index (χ0) is 16.1. The molecule has 0 saturated carbocycles. The van der Waals surface area contributed by atoms with Gasteiger partial charge in [-0.05, 0) is 30.9 Å². The summed E-state index contributed by atoms with van der Waals surface area (Å²) in [4.78, 5) is 8.99. The van der Waals surface area contributed by atoms with Gasteiger partial charge in [0.15, 0.2) is 17.0 Å². The molecule has 0 fully saturated rings. The number of fused-ring (bicyclic) bond motifs is 1. The molecule has 2 aromatic heterocycles. The molecule has 0 aliphatic rings. The molecular weight excluding hydrogens is 308 g/mol. The van der Waals surface area contributed by atoms with Gasteiger partial charge in [0.1, 0.15) is 5.82 Å². The molecule has 0 unspecified atom stereocenters. The van der Waals surface area contributed by atoms with Crippen LogP contribution in [-0.4, -0.2) is 43.5 Å². The van der Waals surface area contributed by atoms with Gasteiger partial charge >= 0.3 is 0 Å². The highest BCUT2D eigenvalue weighted by Gasteiger charge is 2.13. The van der Waals surface area contributed by atoms with Crippen LogP contribution in [0.2, 0.25) is 0 Å². The van der Waals surface area contributed by atoms with Gasteiger partial charge in [0.25, 0.3) is 0 Å². The van der Waals surface area contributed by atoms with E-state index in [9.17, 15) is 0 Å². The summed E-state index contributed by atoms with van der Waals surface area (Å²) in [7, 11) is 0. The first kappa shape index (κ1) is 15.7. The third-order valence-electron chi connectivity index (χ3n) is 3.47. The number of anilines is 1. The van der Waals surface area contributed by atoms with E-state index in [1.54, 1.807) is 0 Å². The van der Waals surface area contributed by atoms with E-state index in [-0.39, 0.29) is 0 Å². The maximum Gasteiger partial charge on any atom is 0.184 e. The maximum absolute atomic E-state index is 4.52. The van der Waals surface area contributed by atoms with Crippen molar-refractivity contribution >= 4 is 28.7 Å². The Morgan fingerprint density at radius 3 is 2.78 bits per heavy atom. The Bertz CT molecular complexity index is 771. The molecule has 0 atom stereocenters. The van der Waals surface area contributed by atoms with Gasteiger partial charge in [0.05, 0.1) is 6.54 Å². The van der Waals surface area contributed by atoms with Crippen molar-refractivity contribution in [1.29, 1.82) is 0 Å². The number of benzene rings is 1. The SMILES string of the molecule is CSCCCNc1nc(C)nc2c1nnn2Cc1ccccc1. The lowest BCUT2D eigenvalue weighted by molar-refractivity contribution is 0.663. The van der Waals surface area contributed by atoms with E-state index < -0.39 is 0 Å². The fraction of sp³-hybridized carbons (Fsp3) is 0.375. The van der Waals surface area contributed by atoms with Crippen LogP contribution in [-0.2, 0) is 6.54 Å². The topological polar surface area (TPSA) is 68.5 Å². The monoisotopic (exact) mass is 328 g/mol. The molecule has 120 valence electrons. The Hall–Kier alpha value is -2.15. The van der Waals surface area contributed by atoms with Crippen molar-refractivity contribution < 1.29 is 0 Å². The second-order valence-electron chi connectivity index (χ2n) is 5.30. The van der Waals surface area contributed by atoms with Gasteiger partial charge in [0, 0.05) is 6.54 Å². The number of aryl methyl sites for hydroxylation is 1. The summed E-state index contributed by atoms with van der Waals surface area (Å²) in [6.07, 6.45) is 3.20. The number of hydrogen-bond acceptors (Lipinski definition) is 6. The Morgan fingerprint density at radius 1 is 1.17 bits per heavy atom. The summed E-state index contributed by atoms with van der Waals surface area (Å²) in [6, 6.07) is 10.2. The second-order valence-corrected chi connectivity index (χ2v) is 6.28. The highest BCUT2D eigenvalue weighted by atomic mass is 32.2. The van der Waals surface area contributed by atoms with Gasteiger partial charge in [-0.2, -0.15) is 11.8 Å². The van der Waals surface area contributed by atoms with Crippen LogP contribution in [0.1, 0.15) is 17.8 Å². The minimum atomic E-state index is 0.652. The van der Waals surface area contributed by atoms with Gasteiger partial charge in [-0.1, -0.05) is 35.5 Å². The lowest BCUT2D eigenvalue weighted by Gasteiger charge is -2.07. The molecule has 3 rings (SSSR count). The first-order valence-electron chi connectivity index (χ1n) is 7.62. The second kappa shape index (κ2) is 7.41. The van der Waals surface area contributed by atoms with Crippen molar-refractivity contribution in [2.75, 3.05) is 23.9 Å². The van der Waals surface area contributed by atoms with E-state index in [1.807, 2.05) is 41.6 Å². The van der Waals surface area contributed by atoms with Crippen LogP contribution in [0.5, 0.6) is 0 Å². The fourth-order valence-corrected chi connectivity index (χ4v) is 2.81. The molecule has 0 bridgehead atoms. The van der Waals surface area contributed by atoms with Gasteiger partial charge < -0.3 is 5.32 Å². The number of hydrogen-bond donors (Lipinski definition) is 1.